The summed E-state index contributed by atoms with van der Waals surface area (Å²) in [6, 6.07) is 10.8. The van der Waals surface area contributed by atoms with Crippen LogP contribution in [0.25, 0.3) is 0 Å². The van der Waals surface area contributed by atoms with Gasteiger partial charge >= 0.3 is 0 Å². The number of rotatable bonds is 6. The second-order valence-electron chi connectivity index (χ2n) is 5.89. The van der Waals surface area contributed by atoms with E-state index in [4.69, 9.17) is 14.9 Å². The molecule has 1 aliphatic heterocycles. The Morgan fingerprint density at radius 3 is 2.75 bits per heavy atom. The molecule has 6 heteroatoms. The van der Waals surface area contributed by atoms with Crippen molar-refractivity contribution in [2.45, 2.75) is 6.54 Å². The molecule has 2 aromatic rings. The van der Waals surface area contributed by atoms with Gasteiger partial charge in [-0.1, -0.05) is 6.07 Å². The number of nitrogens with zero attached hydrogens (tertiary/aromatic N) is 2. The van der Waals surface area contributed by atoms with Crippen molar-refractivity contribution in [3.63, 3.8) is 0 Å². The summed E-state index contributed by atoms with van der Waals surface area (Å²) < 4.78 is 10.8. The van der Waals surface area contributed by atoms with Gasteiger partial charge in [0.15, 0.2) is 0 Å². The van der Waals surface area contributed by atoms with Crippen molar-refractivity contribution in [3.8, 4) is 0 Å². The van der Waals surface area contributed by atoms with Crippen LogP contribution in [0, 0.1) is 0 Å². The van der Waals surface area contributed by atoms with Crippen molar-refractivity contribution in [2.75, 3.05) is 45.1 Å². The lowest BCUT2D eigenvalue weighted by Gasteiger charge is -2.30. The summed E-state index contributed by atoms with van der Waals surface area (Å²) in [6.07, 6.45) is 1.63. The molecule has 3 rings (SSSR count). The Morgan fingerprint density at radius 1 is 1.21 bits per heavy atom. The fourth-order valence-electron chi connectivity index (χ4n) is 2.78. The fourth-order valence-corrected chi connectivity index (χ4v) is 2.78. The molecule has 0 unspecified atom stereocenters. The summed E-state index contributed by atoms with van der Waals surface area (Å²) in [4.78, 5) is 17.0. The van der Waals surface area contributed by atoms with E-state index >= 15 is 0 Å². The van der Waals surface area contributed by atoms with Crippen LogP contribution in [0.15, 0.2) is 47.1 Å². The molecular formula is C18H23N3O3. The summed E-state index contributed by atoms with van der Waals surface area (Å²) >= 11 is 0. The minimum atomic E-state index is -0.0352. The van der Waals surface area contributed by atoms with Crippen LogP contribution in [0.1, 0.15) is 16.1 Å². The van der Waals surface area contributed by atoms with E-state index in [1.54, 1.807) is 30.5 Å². The first kappa shape index (κ1) is 16.5. The van der Waals surface area contributed by atoms with Crippen LogP contribution in [0.2, 0.25) is 0 Å². The van der Waals surface area contributed by atoms with Gasteiger partial charge in [0.1, 0.15) is 5.76 Å². The van der Waals surface area contributed by atoms with E-state index in [-0.39, 0.29) is 5.91 Å². The van der Waals surface area contributed by atoms with Crippen molar-refractivity contribution >= 4 is 11.6 Å². The van der Waals surface area contributed by atoms with Crippen LogP contribution in [0.3, 0.4) is 0 Å². The van der Waals surface area contributed by atoms with E-state index in [2.05, 4.69) is 4.90 Å². The Bertz CT molecular complexity index is 651. The lowest BCUT2D eigenvalue weighted by atomic mass is 10.1. The highest BCUT2D eigenvalue weighted by Crippen LogP contribution is 2.13. The Labute approximate surface area is 141 Å². The zero-order valence-electron chi connectivity index (χ0n) is 13.7. The zero-order valence-corrected chi connectivity index (χ0v) is 13.7. The first-order valence-electron chi connectivity index (χ1n) is 8.19. The van der Waals surface area contributed by atoms with E-state index in [0.717, 1.165) is 38.6 Å². The second kappa shape index (κ2) is 7.99. The Hall–Kier alpha value is -2.31. The third-order valence-corrected chi connectivity index (χ3v) is 4.14. The molecule has 2 N–H and O–H groups in total. The molecule has 1 fully saturated rings. The fraction of sp³-hybridized carbons (Fsp3) is 0.389. The quantitative estimate of drug-likeness (QED) is 0.819. The summed E-state index contributed by atoms with van der Waals surface area (Å²) in [5, 5.41) is 0. The molecule has 0 bridgehead atoms. The van der Waals surface area contributed by atoms with Gasteiger partial charge in [-0.2, -0.15) is 0 Å². The molecule has 24 heavy (non-hydrogen) atoms. The molecular weight excluding hydrogens is 306 g/mol. The Balaban J connectivity index is 1.69. The van der Waals surface area contributed by atoms with Gasteiger partial charge in [-0.25, -0.2) is 0 Å². The maximum Gasteiger partial charge on any atom is 0.254 e. The molecule has 1 amide bonds. The van der Waals surface area contributed by atoms with Gasteiger partial charge in [-0.15, -0.1) is 0 Å². The molecule has 0 saturated carbocycles. The molecule has 1 aromatic carbocycles. The molecule has 0 atom stereocenters. The standard InChI is InChI=1S/C18H23N3O3/c19-16-4-1-3-15(13-16)18(22)21(14-17-5-2-10-24-17)7-6-20-8-11-23-12-9-20/h1-5,10,13H,6-9,11-12,14,19H2. The SMILES string of the molecule is Nc1cccc(C(=O)N(CCN2CCOCC2)Cc2ccco2)c1. The smallest absolute Gasteiger partial charge is 0.254 e. The van der Waals surface area contributed by atoms with Gasteiger partial charge in [0.25, 0.3) is 5.91 Å². The summed E-state index contributed by atoms with van der Waals surface area (Å²) in [6.45, 7) is 5.21. The van der Waals surface area contributed by atoms with Crippen molar-refractivity contribution in [1.29, 1.82) is 0 Å². The number of benzene rings is 1. The van der Waals surface area contributed by atoms with Gasteiger partial charge in [-0.05, 0) is 30.3 Å². The number of anilines is 1. The topological polar surface area (TPSA) is 71.9 Å². The molecule has 0 radical (unpaired) electrons. The second-order valence-corrected chi connectivity index (χ2v) is 5.89. The number of carbonyl (C=O) groups is 1. The largest absolute Gasteiger partial charge is 0.467 e. The van der Waals surface area contributed by atoms with E-state index in [0.29, 0.717) is 24.3 Å². The molecule has 1 aliphatic rings. The minimum absolute atomic E-state index is 0.0352. The molecule has 0 aliphatic carbocycles. The number of nitrogens with two attached hydrogens (primary N) is 1. The van der Waals surface area contributed by atoms with Gasteiger partial charge in [0, 0.05) is 37.4 Å². The first-order valence-corrected chi connectivity index (χ1v) is 8.19. The molecule has 128 valence electrons. The number of nitrogen functional groups attached to an aromatic ring is 1. The van der Waals surface area contributed by atoms with E-state index in [1.165, 1.54) is 0 Å². The number of amides is 1. The number of hydrogen-bond acceptors (Lipinski definition) is 5. The number of hydrogen-bond donors (Lipinski definition) is 1. The highest BCUT2D eigenvalue weighted by Gasteiger charge is 2.19. The average molecular weight is 329 g/mol. The molecule has 1 aromatic heterocycles. The minimum Gasteiger partial charge on any atom is -0.467 e. The molecule has 2 heterocycles. The van der Waals surface area contributed by atoms with Gasteiger partial charge in [-0.3, -0.25) is 9.69 Å². The molecule has 1 saturated heterocycles. The maximum atomic E-state index is 12.9. The highest BCUT2D eigenvalue weighted by atomic mass is 16.5. The normalized spacial score (nSPS) is 15.3. The Morgan fingerprint density at radius 2 is 2.04 bits per heavy atom. The Kier molecular flexibility index (Phi) is 5.51. The van der Waals surface area contributed by atoms with Crippen LogP contribution in [0.5, 0.6) is 0 Å². The van der Waals surface area contributed by atoms with Crippen molar-refractivity contribution in [3.05, 3.63) is 54.0 Å². The first-order chi connectivity index (χ1) is 11.7. The predicted molar refractivity (Wildman–Crippen MR) is 91.6 cm³/mol. The van der Waals surface area contributed by atoms with Crippen molar-refractivity contribution in [2.24, 2.45) is 0 Å². The zero-order chi connectivity index (χ0) is 16.8. The van der Waals surface area contributed by atoms with Crippen molar-refractivity contribution in [1.82, 2.24) is 9.80 Å². The summed E-state index contributed by atoms with van der Waals surface area (Å²) in [5.74, 6) is 0.737. The van der Waals surface area contributed by atoms with E-state index in [9.17, 15) is 4.79 Å². The van der Waals surface area contributed by atoms with Crippen LogP contribution in [-0.2, 0) is 11.3 Å². The van der Waals surface area contributed by atoms with Gasteiger partial charge < -0.3 is 19.8 Å². The highest BCUT2D eigenvalue weighted by molar-refractivity contribution is 5.95. The third kappa shape index (κ3) is 4.37. The van der Waals surface area contributed by atoms with E-state index in [1.807, 2.05) is 17.0 Å². The molecule has 0 spiro atoms. The van der Waals surface area contributed by atoms with Crippen LogP contribution in [0.4, 0.5) is 5.69 Å². The average Bonchev–Trinajstić information content (AvgIpc) is 3.12. The maximum absolute atomic E-state index is 12.9. The van der Waals surface area contributed by atoms with Crippen LogP contribution >= 0.6 is 0 Å². The number of furan rings is 1. The van der Waals surface area contributed by atoms with Gasteiger partial charge in [0.05, 0.1) is 26.0 Å². The predicted octanol–water partition coefficient (Wildman–Crippen LogP) is 1.84. The lowest BCUT2D eigenvalue weighted by molar-refractivity contribution is 0.0316. The van der Waals surface area contributed by atoms with E-state index < -0.39 is 0 Å². The number of morpholine rings is 1. The number of ether oxygens (including phenoxy) is 1. The summed E-state index contributed by atoms with van der Waals surface area (Å²) in [5.41, 5.74) is 7.00. The van der Waals surface area contributed by atoms with Crippen LogP contribution in [-0.4, -0.2) is 55.1 Å². The summed E-state index contributed by atoms with van der Waals surface area (Å²) in [7, 11) is 0. The monoisotopic (exact) mass is 329 g/mol. The third-order valence-electron chi connectivity index (χ3n) is 4.14. The molecule has 6 nitrogen and oxygen atoms in total. The van der Waals surface area contributed by atoms with Crippen LogP contribution < -0.4 is 5.73 Å². The lowest BCUT2D eigenvalue weighted by Crippen LogP contribution is -2.42. The van der Waals surface area contributed by atoms with Gasteiger partial charge in [0.2, 0.25) is 0 Å². The number of carbonyl (C=O) groups excluding carboxylic acids is 1. The van der Waals surface area contributed by atoms with Crippen molar-refractivity contribution < 1.29 is 13.9 Å².